The first-order valence-corrected chi connectivity index (χ1v) is 16.1. The van der Waals surface area contributed by atoms with Gasteiger partial charge in [0.15, 0.2) is 0 Å². The molecule has 2 heteroatoms. The van der Waals surface area contributed by atoms with Gasteiger partial charge in [0.05, 0.1) is 11.2 Å². The standard InChI is InChI=1S/C44H34N2/c1-28-18-21-31(22-19-28)46(42-17-8-11-29-10-4-5-12-33(29)42)32-23-25-36-35-24-20-30(26-39(35)44(2,3)40(36)27-32)34-14-9-15-38-37-13-6-7-16-41(37)45-43(34)38/h4-27,45H,1-3H3. The summed E-state index contributed by atoms with van der Waals surface area (Å²) >= 11 is 0. The van der Waals surface area contributed by atoms with Gasteiger partial charge in [-0.1, -0.05) is 123 Å². The number of aromatic amines is 1. The van der Waals surface area contributed by atoms with Crippen LogP contribution in [0.3, 0.4) is 0 Å². The van der Waals surface area contributed by atoms with Gasteiger partial charge >= 0.3 is 0 Å². The molecule has 220 valence electrons. The van der Waals surface area contributed by atoms with E-state index >= 15 is 0 Å². The number of rotatable bonds is 4. The van der Waals surface area contributed by atoms with Crippen molar-refractivity contribution in [2.75, 3.05) is 4.90 Å². The van der Waals surface area contributed by atoms with Crippen LogP contribution in [0.25, 0.3) is 54.8 Å². The quantitative estimate of drug-likeness (QED) is 0.216. The zero-order valence-electron chi connectivity index (χ0n) is 26.3. The first-order valence-electron chi connectivity index (χ1n) is 16.1. The topological polar surface area (TPSA) is 19.0 Å². The fourth-order valence-electron chi connectivity index (χ4n) is 7.67. The molecule has 0 fully saturated rings. The summed E-state index contributed by atoms with van der Waals surface area (Å²) in [5, 5.41) is 5.02. The molecule has 0 saturated carbocycles. The maximum Gasteiger partial charge on any atom is 0.0544 e. The van der Waals surface area contributed by atoms with Crippen LogP contribution < -0.4 is 4.90 Å². The highest BCUT2D eigenvalue weighted by molar-refractivity contribution is 6.12. The fraction of sp³-hybridized carbons (Fsp3) is 0.0909. The van der Waals surface area contributed by atoms with Gasteiger partial charge in [-0.05, 0) is 82.6 Å². The molecule has 0 bridgehead atoms. The second-order valence-corrected chi connectivity index (χ2v) is 13.2. The van der Waals surface area contributed by atoms with Gasteiger partial charge in [-0.25, -0.2) is 0 Å². The minimum absolute atomic E-state index is 0.164. The molecule has 46 heavy (non-hydrogen) atoms. The Hall–Kier alpha value is -5.60. The summed E-state index contributed by atoms with van der Waals surface area (Å²) in [5.74, 6) is 0. The van der Waals surface area contributed by atoms with E-state index in [1.807, 2.05) is 0 Å². The van der Waals surface area contributed by atoms with E-state index in [9.17, 15) is 0 Å². The van der Waals surface area contributed by atoms with Gasteiger partial charge in [-0.3, -0.25) is 0 Å². The smallest absolute Gasteiger partial charge is 0.0544 e. The van der Waals surface area contributed by atoms with E-state index in [1.54, 1.807) is 0 Å². The van der Waals surface area contributed by atoms with Crippen molar-refractivity contribution < 1.29 is 0 Å². The highest BCUT2D eigenvalue weighted by Crippen LogP contribution is 2.52. The molecule has 0 saturated heterocycles. The van der Waals surface area contributed by atoms with E-state index in [1.165, 1.54) is 82.9 Å². The number of nitrogens with one attached hydrogen (secondary N) is 1. The van der Waals surface area contributed by atoms with Crippen LogP contribution >= 0.6 is 0 Å². The highest BCUT2D eigenvalue weighted by Gasteiger charge is 2.36. The number of nitrogens with zero attached hydrogens (tertiary/aromatic N) is 1. The molecule has 0 amide bonds. The van der Waals surface area contributed by atoms with Crippen LogP contribution in [0.2, 0.25) is 0 Å². The van der Waals surface area contributed by atoms with Crippen LogP contribution in [-0.2, 0) is 5.41 Å². The summed E-state index contributed by atoms with van der Waals surface area (Å²) in [6.07, 6.45) is 0. The monoisotopic (exact) mass is 590 g/mol. The minimum atomic E-state index is -0.164. The molecule has 0 atom stereocenters. The summed E-state index contributed by atoms with van der Waals surface area (Å²) in [5.41, 5.74) is 14.8. The van der Waals surface area contributed by atoms with Crippen LogP contribution in [0.1, 0.15) is 30.5 Å². The fourth-order valence-corrected chi connectivity index (χ4v) is 7.67. The lowest BCUT2D eigenvalue weighted by molar-refractivity contribution is 0.660. The van der Waals surface area contributed by atoms with E-state index in [4.69, 9.17) is 0 Å². The van der Waals surface area contributed by atoms with Gasteiger partial charge in [-0.15, -0.1) is 0 Å². The van der Waals surface area contributed by atoms with Crippen LogP contribution in [0.5, 0.6) is 0 Å². The minimum Gasteiger partial charge on any atom is -0.354 e. The van der Waals surface area contributed by atoms with Crippen molar-refractivity contribution in [2.24, 2.45) is 0 Å². The van der Waals surface area contributed by atoms with Crippen molar-refractivity contribution in [1.29, 1.82) is 0 Å². The van der Waals surface area contributed by atoms with E-state index in [-0.39, 0.29) is 5.41 Å². The Kier molecular flexibility index (Phi) is 5.79. The van der Waals surface area contributed by atoms with E-state index in [0.717, 1.165) is 5.69 Å². The van der Waals surface area contributed by atoms with Crippen LogP contribution in [-0.4, -0.2) is 4.98 Å². The molecule has 1 aliphatic rings. The normalized spacial score (nSPS) is 13.3. The Morgan fingerprint density at radius 3 is 2.02 bits per heavy atom. The Balaban J connectivity index is 1.19. The Morgan fingerprint density at radius 2 is 1.17 bits per heavy atom. The molecule has 1 aliphatic carbocycles. The number of anilines is 3. The second-order valence-electron chi connectivity index (χ2n) is 13.2. The second kappa shape index (κ2) is 9.95. The van der Waals surface area contributed by atoms with Crippen LogP contribution in [0, 0.1) is 6.92 Å². The maximum absolute atomic E-state index is 3.71. The average molecular weight is 591 g/mol. The number of benzene rings is 7. The maximum atomic E-state index is 3.71. The first kappa shape index (κ1) is 26.8. The predicted octanol–water partition coefficient (Wildman–Crippen LogP) is 12.2. The molecule has 0 radical (unpaired) electrons. The third kappa shape index (κ3) is 3.96. The largest absolute Gasteiger partial charge is 0.354 e. The van der Waals surface area contributed by atoms with Gasteiger partial charge in [0.1, 0.15) is 0 Å². The lowest BCUT2D eigenvalue weighted by Crippen LogP contribution is -2.17. The molecule has 0 unspecified atom stereocenters. The van der Waals surface area contributed by atoms with E-state index < -0.39 is 0 Å². The van der Waals surface area contributed by atoms with Crippen LogP contribution in [0.15, 0.2) is 146 Å². The van der Waals surface area contributed by atoms with Gasteiger partial charge in [0.2, 0.25) is 0 Å². The first-order chi connectivity index (χ1) is 22.5. The number of aryl methyl sites for hydroxylation is 1. The molecular weight excluding hydrogens is 556 g/mol. The third-order valence-corrected chi connectivity index (χ3v) is 10.1. The third-order valence-electron chi connectivity index (χ3n) is 10.1. The molecule has 7 aromatic carbocycles. The lowest BCUT2D eigenvalue weighted by atomic mass is 9.81. The van der Waals surface area contributed by atoms with E-state index in [0.29, 0.717) is 0 Å². The Morgan fingerprint density at radius 1 is 0.522 bits per heavy atom. The van der Waals surface area contributed by atoms with Gasteiger partial charge in [0.25, 0.3) is 0 Å². The Bertz CT molecular complexity index is 2460. The molecule has 1 heterocycles. The molecule has 9 rings (SSSR count). The van der Waals surface area contributed by atoms with E-state index in [2.05, 4.69) is 176 Å². The molecule has 8 aromatic rings. The number of para-hydroxylation sites is 2. The van der Waals surface area contributed by atoms with Crippen LogP contribution in [0.4, 0.5) is 17.1 Å². The number of H-pyrrole nitrogens is 1. The summed E-state index contributed by atoms with van der Waals surface area (Å²) in [6, 6.07) is 53.5. The number of hydrogen-bond donors (Lipinski definition) is 1. The number of hydrogen-bond acceptors (Lipinski definition) is 1. The summed E-state index contributed by atoms with van der Waals surface area (Å²) in [7, 11) is 0. The Labute approximate surface area is 269 Å². The van der Waals surface area contributed by atoms with Crippen molar-refractivity contribution in [2.45, 2.75) is 26.2 Å². The van der Waals surface area contributed by atoms with Gasteiger partial charge in [-0.2, -0.15) is 0 Å². The van der Waals surface area contributed by atoms with Gasteiger partial charge < -0.3 is 9.88 Å². The van der Waals surface area contributed by atoms with Crippen molar-refractivity contribution >= 4 is 49.6 Å². The van der Waals surface area contributed by atoms with Crippen molar-refractivity contribution in [3.63, 3.8) is 0 Å². The summed E-state index contributed by atoms with van der Waals surface area (Å²) in [4.78, 5) is 6.13. The molecule has 0 aliphatic heterocycles. The zero-order chi connectivity index (χ0) is 31.0. The summed E-state index contributed by atoms with van der Waals surface area (Å²) < 4.78 is 0. The summed E-state index contributed by atoms with van der Waals surface area (Å²) in [6.45, 7) is 6.90. The zero-order valence-corrected chi connectivity index (χ0v) is 26.3. The molecular formula is C44H34N2. The molecule has 0 spiro atoms. The van der Waals surface area contributed by atoms with Crippen molar-refractivity contribution in [1.82, 2.24) is 4.98 Å². The number of fused-ring (bicyclic) bond motifs is 7. The predicted molar refractivity (Wildman–Crippen MR) is 196 cm³/mol. The highest BCUT2D eigenvalue weighted by atomic mass is 15.1. The average Bonchev–Trinajstić information content (AvgIpc) is 3.58. The molecule has 2 nitrogen and oxygen atoms in total. The molecule has 1 N–H and O–H groups in total. The van der Waals surface area contributed by atoms with Gasteiger partial charge in [0, 0.05) is 44.0 Å². The SMILES string of the molecule is Cc1ccc(N(c2ccc3c(c2)C(C)(C)c2cc(-c4cccc5c4[nH]c4ccccc45)ccc2-3)c2cccc3ccccc23)cc1. The number of aromatic nitrogens is 1. The van der Waals surface area contributed by atoms with Crippen molar-refractivity contribution in [3.8, 4) is 22.3 Å². The van der Waals surface area contributed by atoms with Crippen molar-refractivity contribution in [3.05, 3.63) is 162 Å². The molecule has 1 aromatic heterocycles. The lowest BCUT2D eigenvalue weighted by Gasteiger charge is -2.29.